The van der Waals surface area contributed by atoms with Crippen molar-refractivity contribution in [3.63, 3.8) is 0 Å². The summed E-state index contributed by atoms with van der Waals surface area (Å²) >= 11 is 0. The zero-order valence-corrected chi connectivity index (χ0v) is 14.0. The predicted molar refractivity (Wildman–Crippen MR) is 91.2 cm³/mol. The Morgan fingerprint density at radius 2 is 1.64 bits per heavy atom. The van der Waals surface area contributed by atoms with Gasteiger partial charge in [0.05, 0.1) is 7.11 Å². The molecule has 1 amide bonds. The Morgan fingerprint density at radius 1 is 1.00 bits per heavy atom. The number of Topliss-reactive ketones (excluding diaryl/α,β-unsaturated/α-hetero) is 1. The lowest BCUT2D eigenvalue weighted by atomic mass is 10.1. The summed E-state index contributed by atoms with van der Waals surface area (Å²) in [6.45, 7) is 1.38. The van der Waals surface area contributed by atoms with Crippen LogP contribution in [0.15, 0.2) is 54.6 Å². The fourth-order valence-corrected chi connectivity index (χ4v) is 2.18. The second-order valence-corrected chi connectivity index (χ2v) is 5.29. The molecule has 0 spiro atoms. The molecule has 0 aliphatic heterocycles. The van der Waals surface area contributed by atoms with Gasteiger partial charge in [-0.15, -0.1) is 0 Å². The fraction of sp³-hybridized carbons (Fsp3) is 0.211. The molecule has 0 saturated heterocycles. The molecule has 130 valence electrons. The normalized spacial score (nSPS) is 11.3. The second kappa shape index (κ2) is 8.63. The van der Waals surface area contributed by atoms with Crippen molar-refractivity contribution in [1.29, 1.82) is 0 Å². The average molecular weight is 341 g/mol. The van der Waals surface area contributed by atoms with E-state index in [0.29, 0.717) is 5.75 Å². The summed E-state index contributed by atoms with van der Waals surface area (Å²) in [4.78, 5) is 36.2. The van der Waals surface area contributed by atoms with Gasteiger partial charge in [-0.3, -0.25) is 14.4 Å². The highest BCUT2D eigenvalue weighted by Crippen LogP contribution is 2.14. The molecule has 0 aromatic heterocycles. The van der Waals surface area contributed by atoms with Gasteiger partial charge in [0.2, 0.25) is 11.9 Å². The molecule has 1 N–H and O–H groups in total. The number of ketones is 1. The van der Waals surface area contributed by atoms with Gasteiger partial charge in [0.15, 0.2) is 0 Å². The van der Waals surface area contributed by atoms with Crippen molar-refractivity contribution in [3.05, 3.63) is 65.7 Å². The van der Waals surface area contributed by atoms with E-state index < -0.39 is 23.8 Å². The van der Waals surface area contributed by atoms with E-state index in [1.807, 2.05) is 30.3 Å². The van der Waals surface area contributed by atoms with Gasteiger partial charge in [-0.2, -0.15) is 0 Å². The first-order valence-electron chi connectivity index (χ1n) is 7.68. The van der Waals surface area contributed by atoms with Gasteiger partial charge in [-0.1, -0.05) is 30.3 Å². The van der Waals surface area contributed by atoms with Crippen LogP contribution in [-0.2, 0) is 20.9 Å². The van der Waals surface area contributed by atoms with Crippen molar-refractivity contribution in [3.8, 4) is 5.75 Å². The van der Waals surface area contributed by atoms with Gasteiger partial charge in [-0.25, -0.2) is 0 Å². The Morgan fingerprint density at radius 3 is 2.20 bits per heavy atom. The molecule has 1 unspecified atom stereocenters. The maximum absolute atomic E-state index is 12.6. The number of ether oxygens (including phenoxy) is 2. The van der Waals surface area contributed by atoms with Crippen molar-refractivity contribution in [1.82, 2.24) is 5.32 Å². The molecule has 0 bridgehead atoms. The van der Waals surface area contributed by atoms with E-state index in [0.717, 1.165) is 12.5 Å². The minimum atomic E-state index is -1.53. The Balaban J connectivity index is 2.11. The zero-order valence-electron chi connectivity index (χ0n) is 14.0. The molecule has 0 saturated carbocycles. The lowest BCUT2D eigenvalue weighted by Crippen LogP contribution is -2.42. The highest BCUT2D eigenvalue weighted by atomic mass is 16.5. The van der Waals surface area contributed by atoms with Crippen LogP contribution in [0.4, 0.5) is 0 Å². The third-order valence-corrected chi connectivity index (χ3v) is 3.44. The van der Waals surface area contributed by atoms with E-state index in [-0.39, 0.29) is 12.1 Å². The number of methoxy groups -OCH3 is 1. The molecular formula is C19H19NO5. The highest BCUT2D eigenvalue weighted by Gasteiger charge is 2.30. The summed E-state index contributed by atoms with van der Waals surface area (Å²) < 4.78 is 9.97. The Kier molecular flexibility index (Phi) is 6.28. The molecule has 25 heavy (non-hydrogen) atoms. The van der Waals surface area contributed by atoms with Crippen molar-refractivity contribution in [2.24, 2.45) is 0 Å². The van der Waals surface area contributed by atoms with E-state index in [1.54, 1.807) is 12.1 Å². The molecule has 1 atom stereocenters. The second-order valence-electron chi connectivity index (χ2n) is 5.29. The minimum Gasteiger partial charge on any atom is -0.497 e. The van der Waals surface area contributed by atoms with Crippen molar-refractivity contribution in [2.75, 3.05) is 7.11 Å². The fourth-order valence-electron chi connectivity index (χ4n) is 2.18. The van der Waals surface area contributed by atoms with E-state index in [1.165, 1.54) is 19.2 Å². The number of hydrogen-bond donors (Lipinski definition) is 1. The number of amides is 1. The quantitative estimate of drug-likeness (QED) is 0.474. The maximum Gasteiger partial charge on any atom is 0.303 e. The summed E-state index contributed by atoms with van der Waals surface area (Å²) in [6, 6.07) is 15.4. The molecule has 0 aliphatic rings. The summed E-state index contributed by atoms with van der Waals surface area (Å²) in [6.07, 6.45) is -1.53. The van der Waals surface area contributed by atoms with Crippen molar-refractivity contribution >= 4 is 17.7 Å². The van der Waals surface area contributed by atoms with Crippen molar-refractivity contribution in [2.45, 2.75) is 19.6 Å². The minimum absolute atomic E-state index is 0.229. The molecule has 2 aromatic carbocycles. The van der Waals surface area contributed by atoms with E-state index in [2.05, 4.69) is 5.32 Å². The van der Waals surface area contributed by atoms with E-state index in [9.17, 15) is 14.4 Å². The first-order valence-corrected chi connectivity index (χ1v) is 7.68. The van der Waals surface area contributed by atoms with E-state index >= 15 is 0 Å². The number of carbonyl (C=O) groups excluding carboxylic acids is 3. The van der Waals surface area contributed by atoms with Crippen LogP contribution in [0.5, 0.6) is 5.75 Å². The third kappa shape index (κ3) is 5.17. The number of nitrogens with one attached hydrogen (secondary N) is 1. The molecule has 0 heterocycles. The van der Waals surface area contributed by atoms with Gasteiger partial charge in [0, 0.05) is 19.0 Å². The maximum atomic E-state index is 12.6. The van der Waals surface area contributed by atoms with Crippen LogP contribution in [-0.4, -0.2) is 30.9 Å². The molecule has 6 nitrogen and oxygen atoms in total. The summed E-state index contributed by atoms with van der Waals surface area (Å²) in [5.41, 5.74) is 1.12. The highest BCUT2D eigenvalue weighted by molar-refractivity contribution is 6.13. The molecule has 2 aromatic rings. The number of benzene rings is 2. The van der Waals surface area contributed by atoms with Crippen LogP contribution >= 0.6 is 0 Å². The number of carbonyl (C=O) groups is 3. The van der Waals surface area contributed by atoms with Gasteiger partial charge < -0.3 is 14.8 Å². The van der Waals surface area contributed by atoms with Crippen LogP contribution in [0.1, 0.15) is 22.8 Å². The molecule has 2 rings (SSSR count). The lowest BCUT2D eigenvalue weighted by molar-refractivity contribution is -0.151. The summed E-state index contributed by atoms with van der Waals surface area (Å²) in [5, 5.41) is 2.62. The molecule has 6 heteroatoms. The summed E-state index contributed by atoms with van der Waals surface area (Å²) in [7, 11) is 1.51. The Labute approximate surface area is 145 Å². The standard InChI is InChI=1S/C19H19NO5/c1-13(21)25-18(17(22)15-8-10-16(24-2)11-9-15)19(23)20-12-14-6-4-3-5-7-14/h3-11,18H,12H2,1-2H3,(H,20,23). The van der Waals surface area contributed by atoms with Gasteiger partial charge >= 0.3 is 5.97 Å². The first-order chi connectivity index (χ1) is 12.0. The number of esters is 1. The largest absolute Gasteiger partial charge is 0.497 e. The topological polar surface area (TPSA) is 81.7 Å². The Bertz CT molecular complexity index is 740. The van der Waals surface area contributed by atoms with Gasteiger partial charge in [0.25, 0.3) is 5.91 Å². The third-order valence-electron chi connectivity index (χ3n) is 3.44. The number of hydrogen-bond acceptors (Lipinski definition) is 5. The average Bonchev–Trinajstić information content (AvgIpc) is 2.64. The SMILES string of the molecule is COc1ccc(C(=O)C(OC(C)=O)C(=O)NCc2ccccc2)cc1. The van der Waals surface area contributed by atoms with Crippen molar-refractivity contribution < 1.29 is 23.9 Å². The van der Waals surface area contributed by atoms with Crippen LogP contribution < -0.4 is 10.1 Å². The van der Waals surface area contributed by atoms with Crippen LogP contribution in [0.3, 0.4) is 0 Å². The molecule has 0 fully saturated rings. The zero-order chi connectivity index (χ0) is 18.2. The molecule has 0 radical (unpaired) electrons. The molecule has 0 aliphatic carbocycles. The van der Waals surface area contributed by atoms with E-state index in [4.69, 9.17) is 9.47 Å². The number of rotatable bonds is 7. The summed E-state index contributed by atoms with van der Waals surface area (Å²) in [5.74, 6) is -1.39. The predicted octanol–water partition coefficient (Wildman–Crippen LogP) is 2.13. The smallest absolute Gasteiger partial charge is 0.303 e. The van der Waals surface area contributed by atoms with Gasteiger partial charge in [0.1, 0.15) is 5.75 Å². The Hall–Kier alpha value is -3.15. The van der Waals surface area contributed by atoms with Crippen LogP contribution in [0.2, 0.25) is 0 Å². The van der Waals surface area contributed by atoms with Crippen LogP contribution in [0.25, 0.3) is 0 Å². The first kappa shape index (κ1) is 18.2. The molecular weight excluding hydrogens is 322 g/mol. The monoisotopic (exact) mass is 341 g/mol. The lowest BCUT2D eigenvalue weighted by Gasteiger charge is -2.16. The van der Waals surface area contributed by atoms with Gasteiger partial charge in [-0.05, 0) is 29.8 Å². The van der Waals surface area contributed by atoms with Crippen LogP contribution in [0, 0.1) is 0 Å².